The van der Waals surface area contributed by atoms with Crippen LogP contribution < -0.4 is 10.2 Å². The summed E-state index contributed by atoms with van der Waals surface area (Å²) in [5.41, 5.74) is 5.19. The normalized spacial score (nSPS) is 9.83. The van der Waals surface area contributed by atoms with Crippen molar-refractivity contribution in [1.29, 1.82) is 0 Å². The van der Waals surface area contributed by atoms with Gasteiger partial charge < -0.3 is 15.0 Å². The molecule has 0 aliphatic heterocycles. The van der Waals surface area contributed by atoms with E-state index in [1.54, 1.807) is 0 Å². The van der Waals surface area contributed by atoms with Gasteiger partial charge in [0.05, 0.1) is 11.0 Å². The number of nitrogens with one attached hydrogen (secondary N) is 1. The molecule has 182 valence electrons. The van der Waals surface area contributed by atoms with Gasteiger partial charge in [0, 0.05) is 18.8 Å². The van der Waals surface area contributed by atoms with Gasteiger partial charge in [0.1, 0.15) is 6.79 Å². The van der Waals surface area contributed by atoms with Gasteiger partial charge in [0.15, 0.2) is 11.6 Å². The summed E-state index contributed by atoms with van der Waals surface area (Å²) in [5, 5.41) is 3.50. The fourth-order valence-corrected chi connectivity index (χ4v) is 3.77. The fourth-order valence-electron chi connectivity index (χ4n) is 3.77. The largest absolute Gasteiger partial charge is 0.345 e. The molecule has 0 spiro atoms. The first-order valence-corrected chi connectivity index (χ1v) is 12.1. The molecule has 1 aromatic heterocycles. The van der Waals surface area contributed by atoms with Crippen LogP contribution in [0.15, 0.2) is 115 Å². The van der Waals surface area contributed by atoms with E-state index in [9.17, 15) is 0 Å². The van der Waals surface area contributed by atoms with Crippen molar-refractivity contribution in [2.45, 2.75) is 26.9 Å². The van der Waals surface area contributed by atoms with E-state index in [2.05, 4.69) is 58.7 Å². The molecule has 5 heteroatoms. The number of hydrogen-bond acceptors (Lipinski definition) is 5. The quantitative estimate of drug-likeness (QED) is 0.265. The molecule has 4 aromatic carbocycles. The monoisotopic (exact) mass is 476 g/mol. The first kappa shape index (κ1) is 26.1. The molecule has 0 fully saturated rings. The van der Waals surface area contributed by atoms with Crippen LogP contribution in [0, 0.1) is 0 Å². The second kappa shape index (κ2) is 14.0. The fraction of sp³-hybridized carbons (Fsp3) is 0.129. The number of benzene rings is 4. The van der Waals surface area contributed by atoms with Crippen LogP contribution in [0.1, 0.15) is 25.0 Å². The zero-order valence-corrected chi connectivity index (χ0v) is 20.8. The molecule has 0 radical (unpaired) electrons. The minimum Gasteiger partial charge on any atom is -0.345 e. The third-order valence-corrected chi connectivity index (χ3v) is 5.32. The number of rotatable bonds is 7. The van der Waals surface area contributed by atoms with Crippen LogP contribution in [0.4, 0.5) is 17.3 Å². The molecule has 5 aromatic rings. The van der Waals surface area contributed by atoms with Gasteiger partial charge in [-0.15, -0.1) is 0 Å². The van der Waals surface area contributed by atoms with Crippen molar-refractivity contribution >= 4 is 35.1 Å². The van der Waals surface area contributed by atoms with Gasteiger partial charge in [-0.1, -0.05) is 105 Å². The Morgan fingerprint density at radius 2 is 1.03 bits per heavy atom. The van der Waals surface area contributed by atoms with Crippen LogP contribution in [-0.2, 0) is 17.9 Å². The molecule has 36 heavy (non-hydrogen) atoms. The van der Waals surface area contributed by atoms with Gasteiger partial charge in [-0.25, -0.2) is 9.97 Å². The second-order valence-electron chi connectivity index (χ2n) is 7.70. The predicted molar refractivity (Wildman–Crippen MR) is 151 cm³/mol. The lowest BCUT2D eigenvalue weighted by Gasteiger charge is -2.26. The number of anilines is 3. The predicted octanol–water partition coefficient (Wildman–Crippen LogP) is 7.42. The zero-order chi connectivity index (χ0) is 25.6. The van der Waals surface area contributed by atoms with E-state index in [0.717, 1.165) is 41.4 Å². The van der Waals surface area contributed by atoms with Gasteiger partial charge >= 0.3 is 0 Å². The first-order valence-electron chi connectivity index (χ1n) is 12.1. The molecular weight excluding hydrogens is 444 g/mol. The Hall–Kier alpha value is -4.51. The Balaban J connectivity index is 0.000000861. The number of para-hydroxylation sites is 3. The van der Waals surface area contributed by atoms with Gasteiger partial charge in [0.2, 0.25) is 0 Å². The summed E-state index contributed by atoms with van der Waals surface area (Å²) in [4.78, 5) is 20.3. The Morgan fingerprint density at radius 1 is 0.611 bits per heavy atom. The minimum atomic E-state index is 0.728. The zero-order valence-electron chi connectivity index (χ0n) is 20.8. The van der Waals surface area contributed by atoms with Gasteiger partial charge in [-0.3, -0.25) is 0 Å². The highest BCUT2D eigenvalue weighted by Gasteiger charge is 2.17. The van der Waals surface area contributed by atoms with E-state index in [4.69, 9.17) is 14.8 Å². The molecule has 0 unspecified atom stereocenters. The first-order chi connectivity index (χ1) is 17.8. The van der Waals surface area contributed by atoms with E-state index in [1.807, 2.05) is 87.4 Å². The summed E-state index contributed by atoms with van der Waals surface area (Å²) in [7, 11) is 0. The van der Waals surface area contributed by atoms with Crippen LogP contribution in [0.2, 0.25) is 0 Å². The average Bonchev–Trinajstić information content (AvgIpc) is 2.96. The maximum absolute atomic E-state index is 8.00. The van der Waals surface area contributed by atoms with Gasteiger partial charge in [-0.2, -0.15) is 0 Å². The summed E-state index contributed by atoms with van der Waals surface area (Å²) in [6.07, 6.45) is 0. The lowest BCUT2D eigenvalue weighted by molar-refractivity contribution is -0.0979. The maximum atomic E-state index is 8.00. The number of carbonyl (C=O) groups is 1. The Kier molecular flexibility index (Phi) is 10.2. The Morgan fingerprint density at radius 3 is 1.53 bits per heavy atom. The lowest BCUT2D eigenvalue weighted by atomic mass is 10.1. The molecule has 0 bridgehead atoms. The van der Waals surface area contributed by atoms with Crippen molar-refractivity contribution in [2.75, 3.05) is 10.2 Å². The molecule has 1 N–H and O–H groups in total. The molecule has 0 atom stereocenters. The van der Waals surface area contributed by atoms with E-state index < -0.39 is 0 Å². The Labute approximate surface area is 213 Å². The number of carbonyl (C=O) groups excluding carboxylic acids is 1. The molecule has 0 aliphatic rings. The lowest BCUT2D eigenvalue weighted by Crippen LogP contribution is -2.24. The van der Waals surface area contributed by atoms with Crippen LogP contribution >= 0.6 is 0 Å². The molecule has 5 rings (SSSR count). The van der Waals surface area contributed by atoms with Crippen molar-refractivity contribution in [3.8, 4) is 0 Å². The SMILES string of the molecule is C=O.CC.c1ccc(CN(Cc2ccccc2)c2nc3ccccc3nc2Nc2ccccc2)cc1. The third kappa shape index (κ3) is 7.00. The van der Waals surface area contributed by atoms with E-state index in [1.165, 1.54) is 11.1 Å². The smallest absolute Gasteiger partial charge is 0.174 e. The van der Waals surface area contributed by atoms with Crippen molar-refractivity contribution in [1.82, 2.24) is 9.97 Å². The topological polar surface area (TPSA) is 58.1 Å². The molecule has 0 aliphatic carbocycles. The number of hydrogen-bond donors (Lipinski definition) is 1. The van der Waals surface area contributed by atoms with E-state index in [0.29, 0.717) is 0 Å². The van der Waals surface area contributed by atoms with E-state index in [-0.39, 0.29) is 0 Å². The number of nitrogens with zero attached hydrogens (tertiary/aromatic N) is 3. The van der Waals surface area contributed by atoms with Crippen LogP contribution in [0.25, 0.3) is 11.0 Å². The van der Waals surface area contributed by atoms with Crippen molar-refractivity contribution in [2.24, 2.45) is 0 Å². The van der Waals surface area contributed by atoms with Crippen LogP contribution in [0.3, 0.4) is 0 Å². The highest BCUT2D eigenvalue weighted by Crippen LogP contribution is 2.30. The molecule has 1 heterocycles. The number of fused-ring (bicyclic) bond motifs is 1. The third-order valence-electron chi connectivity index (χ3n) is 5.32. The summed E-state index contributed by atoms with van der Waals surface area (Å²) < 4.78 is 0. The minimum absolute atomic E-state index is 0.728. The average molecular weight is 477 g/mol. The van der Waals surface area contributed by atoms with Crippen LogP contribution in [0.5, 0.6) is 0 Å². The standard InChI is InChI=1S/C28H24N4.C2H6.CH2O/c1-4-12-22(13-5-1)20-32(21-23-14-6-2-7-15-23)28-27(29-24-16-8-3-9-17-24)30-25-18-10-11-19-26(25)31-28;2*1-2/h1-19H,20-21H2,(H,29,30);1-2H3;1H2. The van der Waals surface area contributed by atoms with E-state index >= 15 is 0 Å². The van der Waals surface area contributed by atoms with Crippen molar-refractivity contribution < 1.29 is 4.79 Å². The highest BCUT2D eigenvalue weighted by molar-refractivity contribution is 5.82. The molecule has 0 saturated heterocycles. The van der Waals surface area contributed by atoms with Crippen LogP contribution in [-0.4, -0.2) is 16.8 Å². The molecule has 0 saturated carbocycles. The van der Waals surface area contributed by atoms with Crippen molar-refractivity contribution in [3.05, 3.63) is 126 Å². The summed E-state index contributed by atoms with van der Waals surface area (Å²) in [6.45, 7) is 7.46. The van der Waals surface area contributed by atoms with Gasteiger partial charge in [0.25, 0.3) is 0 Å². The summed E-state index contributed by atoms with van der Waals surface area (Å²) >= 11 is 0. The Bertz CT molecular complexity index is 1270. The highest BCUT2D eigenvalue weighted by atomic mass is 16.1. The molecular formula is C31H32N4O. The molecule has 5 nitrogen and oxygen atoms in total. The van der Waals surface area contributed by atoms with Crippen molar-refractivity contribution in [3.63, 3.8) is 0 Å². The maximum Gasteiger partial charge on any atom is 0.174 e. The summed E-state index contributed by atoms with van der Waals surface area (Å²) in [6, 6.07) is 39.1. The van der Waals surface area contributed by atoms with Gasteiger partial charge in [-0.05, 0) is 35.4 Å². The summed E-state index contributed by atoms with van der Waals surface area (Å²) in [5.74, 6) is 1.59. The second-order valence-corrected chi connectivity index (χ2v) is 7.70. The number of aromatic nitrogens is 2. The molecule has 0 amide bonds.